The molecule has 0 fully saturated rings. The van der Waals surface area contributed by atoms with Crippen LogP contribution in [0.1, 0.15) is 24.6 Å². The highest BCUT2D eigenvalue weighted by Gasteiger charge is 2.19. The maximum Gasteiger partial charge on any atom is 0.277 e. The van der Waals surface area contributed by atoms with Gasteiger partial charge in [-0.2, -0.15) is 9.61 Å². The van der Waals surface area contributed by atoms with Crippen LogP contribution in [0.25, 0.3) is 16.9 Å². The number of nitrogens with zero attached hydrogens (tertiary/aromatic N) is 3. The molecule has 3 heterocycles. The third kappa shape index (κ3) is 4.28. The Morgan fingerprint density at radius 1 is 1.11 bits per heavy atom. The number of aromatic nitrogens is 3. The van der Waals surface area contributed by atoms with Crippen molar-refractivity contribution in [3.05, 3.63) is 70.1 Å². The molecule has 36 heavy (non-hydrogen) atoms. The molecule has 2 aromatic heterocycles. The summed E-state index contributed by atoms with van der Waals surface area (Å²) in [5.41, 5.74) is 3.95. The summed E-state index contributed by atoms with van der Waals surface area (Å²) in [7, 11) is 1.61. The van der Waals surface area contributed by atoms with Crippen LogP contribution in [0.15, 0.2) is 53.3 Å². The quantitative estimate of drug-likeness (QED) is 0.425. The zero-order valence-corrected chi connectivity index (χ0v) is 20.5. The zero-order chi connectivity index (χ0) is 25.2. The van der Waals surface area contributed by atoms with Gasteiger partial charge in [0.05, 0.1) is 12.8 Å². The Labute approximate surface area is 208 Å². The van der Waals surface area contributed by atoms with Crippen LogP contribution < -0.4 is 25.1 Å². The largest absolute Gasteiger partial charge is 0.496 e. The van der Waals surface area contributed by atoms with Crippen molar-refractivity contribution in [2.24, 2.45) is 0 Å². The molecule has 0 aliphatic carbocycles. The second-order valence-corrected chi connectivity index (χ2v) is 8.52. The van der Waals surface area contributed by atoms with E-state index >= 15 is 0 Å². The highest BCUT2D eigenvalue weighted by atomic mass is 16.6. The van der Waals surface area contributed by atoms with E-state index in [1.807, 2.05) is 48.7 Å². The highest BCUT2D eigenvalue weighted by molar-refractivity contribution is 5.91. The molecule has 1 N–H and O–H groups in total. The van der Waals surface area contributed by atoms with E-state index in [2.05, 4.69) is 10.4 Å². The van der Waals surface area contributed by atoms with Crippen molar-refractivity contribution in [1.29, 1.82) is 0 Å². The number of para-hydroxylation sites is 1. The maximum absolute atomic E-state index is 13.4. The van der Waals surface area contributed by atoms with Gasteiger partial charge in [-0.3, -0.25) is 9.59 Å². The molecule has 1 aliphatic heterocycles. The Kier molecular flexibility index (Phi) is 6.37. The van der Waals surface area contributed by atoms with Crippen LogP contribution in [0, 0.1) is 6.92 Å². The summed E-state index contributed by atoms with van der Waals surface area (Å²) >= 11 is 0. The second kappa shape index (κ2) is 9.77. The minimum atomic E-state index is -0.222. The van der Waals surface area contributed by atoms with Gasteiger partial charge >= 0.3 is 0 Å². The van der Waals surface area contributed by atoms with Crippen molar-refractivity contribution >= 4 is 17.2 Å². The second-order valence-electron chi connectivity index (χ2n) is 8.52. The summed E-state index contributed by atoms with van der Waals surface area (Å²) in [6.07, 6.45) is 0.446. The molecular formula is C27H28N4O5. The predicted octanol–water partition coefficient (Wildman–Crippen LogP) is 3.84. The van der Waals surface area contributed by atoms with Gasteiger partial charge in [0, 0.05) is 47.6 Å². The van der Waals surface area contributed by atoms with E-state index < -0.39 is 0 Å². The minimum absolute atomic E-state index is 0.153. The first kappa shape index (κ1) is 23.5. The summed E-state index contributed by atoms with van der Waals surface area (Å²) in [6, 6.07) is 14.8. The topological polar surface area (TPSA) is 96.1 Å². The van der Waals surface area contributed by atoms with Gasteiger partial charge in [0.1, 0.15) is 24.6 Å². The first-order chi connectivity index (χ1) is 17.5. The monoisotopic (exact) mass is 488 g/mol. The Bertz CT molecular complexity index is 1500. The number of aryl methyl sites for hydroxylation is 1. The Hall–Kier alpha value is -4.27. The van der Waals surface area contributed by atoms with Crippen LogP contribution in [-0.2, 0) is 17.8 Å². The molecule has 4 aromatic rings. The molecule has 0 radical (unpaired) electrons. The van der Waals surface area contributed by atoms with Crippen molar-refractivity contribution in [1.82, 2.24) is 14.2 Å². The van der Waals surface area contributed by atoms with Gasteiger partial charge in [-0.15, -0.1) is 0 Å². The lowest BCUT2D eigenvalue weighted by Gasteiger charge is -2.19. The first-order valence-corrected chi connectivity index (χ1v) is 11.9. The van der Waals surface area contributed by atoms with Crippen LogP contribution in [0.5, 0.6) is 17.2 Å². The van der Waals surface area contributed by atoms with Gasteiger partial charge in [0.25, 0.3) is 5.56 Å². The molecule has 0 atom stereocenters. The molecule has 0 bridgehead atoms. The number of anilines is 1. The lowest BCUT2D eigenvalue weighted by molar-refractivity contribution is -0.116. The summed E-state index contributed by atoms with van der Waals surface area (Å²) < 4.78 is 20.1. The molecule has 186 valence electrons. The lowest BCUT2D eigenvalue weighted by Crippen LogP contribution is -2.26. The van der Waals surface area contributed by atoms with E-state index in [-0.39, 0.29) is 17.9 Å². The molecule has 1 aliphatic rings. The normalized spacial score (nSPS) is 12.5. The molecular weight excluding hydrogens is 460 g/mol. The van der Waals surface area contributed by atoms with Gasteiger partial charge in [-0.25, -0.2) is 0 Å². The fourth-order valence-corrected chi connectivity index (χ4v) is 4.59. The predicted molar refractivity (Wildman–Crippen MR) is 136 cm³/mol. The van der Waals surface area contributed by atoms with Crippen molar-refractivity contribution in [2.45, 2.75) is 33.2 Å². The fraction of sp³-hybridized carbons (Fsp3) is 0.296. The third-order valence-corrected chi connectivity index (χ3v) is 6.39. The molecule has 0 spiro atoms. The number of rotatable bonds is 7. The molecule has 5 rings (SSSR count). The molecule has 1 amide bonds. The number of ether oxygens (including phenoxy) is 3. The molecule has 0 unspecified atom stereocenters. The summed E-state index contributed by atoms with van der Waals surface area (Å²) in [5.74, 6) is 1.76. The number of hydrogen-bond acceptors (Lipinski definition) is 6. The van der Waals surface area contributed by atoms with Gasteiger partial charge in [0.15, 0.2) is 11.5 Å². The van der Waals surface area contributed by atoms with Crippen molar-refractivity contribution < 1.29 is 19.0 Å². The van der Waals surface area contributed by atoms with Crippen LogP contribution >= 0.6 is 0 Å². The van der Waals surface area contributed by atoms with E-state index in [0.29, 0.717) is 66.0 Å². The molecule has 9 nitrogen and oxygen atoms in total. The average molecular weight is 489 g/mol. The Balaban J connectivity index is 1.41. The van der Waals surface area contributed by atoms with E-state index in [4.69, 9.17) is 14.2 Å². The number of amides is 1. The van der Waals surface area contributed by atoms with Gasteiger partial charge in [-0.1, -0.05) is 12.1 Å². The molecule has 2 aromatic carbocycles. The molecule has 0 saturated heterocycles. The minimum Gasteiger partial charge on any atom is -0.496 e. The van der Waals surface area contributed by atoms with E-state index in [9.17, 15) is 9.59 Å². The number of fused-ring (bicyclic) bond motifs is 2. The SMILES string of the molecule is CCn1c(C)c(CCC(=O)Nc2ccc3c(c2)OCCO3)c(=O)n2nc(-c3ccccc3OC)cc12. The first-order valence-electron chi connectivity index (χ1n) is 11.9. The third-order valence-electron chi connectivity index (χ3n) is 6.39. The number of hydrogen-bond donors (Lipinski definition) is 1. The average Bonchev–Trinajstić information content (AvgIpc) is 3.34. The standard InChI is InChI=1S/C27H28N4O5/c1-4-30-17(2)19(10-12-25(32)28-18-9-11-23-24(15-18)36-14-13-35-23)27(33)31-26(30)16-21(29-31)20-7-5-6-8-22(20)34-3/h5-9,11,15-16H,4,10,12-14H2,1-3H3,(H,28,32). The number of carbonyl (C=O) groups excluding carboxylic acids is 1. The smallest absolute Gasteiger partial charge is 0.277 e. The van der Waals surface area contributed by atoms with E-state index in [1.54, 1.807) is 25.3 Å². The zero-order valence-electron chi connectivity index (χ0n) is 20.5. The van der Waals surface area contributed by atoms with Crippen LogP contribution in [0.2, 0.25) is 0 Å². The Morgan fingerprint density at radius 2 is 1.89 bits per heavy atom. The number of methoxy groups -OCH3 is 1. The lowest BCUT2D eigenvalue weighted by atomic mass is 10.1. The molecule has 9 heteroatoms. The number of nitrogens with one attached hydrogen (secondary N) is 1. The summed E-state index contributed by atoms with van der Waals surface area (Å²) in [4.78, 5) is 26.2. The van der Waals surface area contributed by atoms with Crippen LogP contribution in [0.3, 0.4) is 0 Å². The Morgan fingerprint density at radius 3 is 2.67 bits per heavy atom. The van der Waals surface area contributed by atoms with Crippen LogP contribution in [0.4, 0.5) is 5.69 Å². The van der Waals surface area contributed by atoms with Crippen molar-refractivity contribution in [3.8, 4) is 28.5 Å². The van der Waals surface area contributed by atoms with Crippen LogP contribution in [-0.4, -0.2) is 40.4 Å². The molecule has 0 saturated carbocycles. The maximum atomic E-state index is 13.4. The fourth-order valence-electron chi connectivity index (χ4n) is 4.59. The van der Waals surface area contributed by atoms with Crippen molar-refractivity contribution in [2.75, 3.05) is 25.6 Å². The van der Waals surface area contributed by atoms with Gasteiger partial charge < -0.3 is 24.1 Å². The van der Waals surface area contributed by atoms with E-state index in [1.165, 1.54) is 4.52 Å². The summed E-state index contributed by atoms with van der Waals surface area (Å²) in [5, 5.41) is 7.50. The van der Waals surface area contributed by atoms with Gasteiger partial charge in [-0.05, 0) is 44.5 Å². The number of carbonyl (C=O) groups is 1. The highest BCUT2D eigenvalue weighted by Crippen LogP contribution is 2.33. The summed E-state index contributed by atoms with van der Waals surface area (Å²) in [6.45, 7) is 5.57. The van der Waals surface area contributed by atoms with Crippen molar-refractivity contribution in [3.63, 3.8) is 0 Å². The van der Waals surface area contributed by atoms with E-state index in [0.717, 1.165) is 11.3 Å². The van der Waals surface area contributed by atoms with Gasteiger partial charge in [0.2, 0.25) is 5.91 Å². The number of benzene rings is 2.